The fourth-order valence-corrected chi connectivity index (χ4v) is 3.12. The Balaban J connectivity index is 1.60. The summed E-state index contributed by atoms with van der Waals surface area (Å²) in [5.74, 6) is -0.212. The highest BCUT2D eigenvalue weighted by molar-refractivity contribution is 5.99. The van der Waals surface area contributed by atoms with E-state index in [0.29, 0.717) is 18.7 Å². The van der Waals surface area contributed by atoms with Gasteiger partial charge in [-0.15, -0.1) is 0 Å². The number of hydrogen-bond acceptors (Lipinski definition) is 4. The number of piperidine rings is 1. The number of likely N-dealkylation sites (tertiary alicyclic amines) is 1. The molecule has 1 aromatic heterocycles. The smallest absolute Gasteiger partial charge is 0.257 e. The Morgan fingerprint density at radius 1 is 1.20 bits per heavy atom. The van der Waals surface area contributed by atoms with E-state index in [2.05, 4.69) is 10.3 Å². The molecule has 2 aromatic rings. The third-order valence-corrected chi connectivity index (χ3v) is 4.51. The fourth-order valence-electron chi connectivity index (χ4n) is 3.12. The van der Waals surface area contributed by atoms with Crippen LogP contribution in [0.5, 0.6) is 0 Å². The molecule has 0 atom stereocenters. The van der Waals surface area contributed by atoms with Gasteiger partial charge in [0.25, 0.3) is 5.91 Å². The first-order valence-corrected chi connectivity index (χ1v) is 8.47. The van der Waals surface area contributed by atoms with E-state index in [-0.39, 0.29) is 17.8 Å². The number of carbonyl (C=O) groups excluding carboxylic acids is 1. The molecule has 5 nitrogen and oxygen atoms in total. The summed E-state index contributed by atoms with van der Waals surface area (Å²) in [6.07, 6.45) is 5.06. The number of halogens is 1. The highest BCUT2D eigenvalue weighted by Gasteiger charge is 2.25. The number of nitrogens with one attached hydrogen (secondary N) is 1. The number of anilines is 2. The second-order valence-electron chi connectivity index (χ2n) is 6.50. The second kappa shape index (κ2) is 7.51. The molecule has 0 bridgehead atoms. The Kier molecular flexibility index (Phi) is 5.16. The average Bonchev–Trinajstić information content (AvgIpc) is 2.63. The lowest BCUT2D eigenvalue weighted by molar-refractivity contribution is 0.0718. The van der Waals surface area contributed by atoms with E-state index in [0.717, 1.165) is 24.2 Å². The maximum atomic E-state index is 13.0. The lowest BCUT2D eigenvalue weighted by Crippen LogP contribution is -2.42. The molecule has 1 fully saturated rings. The molecule has 2 heterocycles. The van der Waals surface area contributed by atoms with Crippen LogP contribution in [0.15, 0.2) is 42.7 Å². The number of benzene rings is 1. The maximum Gasteiger partial charge on any atom is 0.257 e. The standard InChI is InChI=1S/C19H23FN4O/c1-23(2)18-7-10-21-13-17(18)19(25)24-11-8-16(9-12-24)22-15-5-3-14(20)4-6-15/h3-7,10,13,16,22H,8-9,11-12H2,1-2H3. The number of rotatable bonds is 4. The van der Waals surface area contributed by atoms with Crippen molar-refractivity contribution >= 4 is 17.3 Å². The Morgan fingerprint density at radius 2 is 1.88 bits per heavy atom. The minimum atomic E-state index is -0.237. The molecule has 0 unspecified atom stereocenters. The van der Waals surface area contributed by atoms with E-state index in [1.54, 1.807) is 24.5 Å². The zero-order valence-corrected chi connectivity index (χ0v) is 14.6. The third-order valence-electron chi connectivity index (χ3n) is 4.51. The van der Waals surface area contributed by atoms with E-state index in [9.17, 15) is 9.18 Å². The van der Waals surface area contributed by atoms with Crippen molar-refractivity contribution in [2.75, 3.05) is 37.4 Å². The summed E-state index contributed by atoms with van der Waals surface area (Å²) in [6.45, 7) is 1.39. The molecule has 0 saturated carbocycles. The lowest BCUT2D eigenvalue weighted by Gasteiger charge is -2.33. The zero-order chi connectivity index (χ0) is 17.8. The number of nitrogens with zero attached hydrogens (tertiary/aromatic N) is 3. The van der Waals surface area contributed by atoms with Gasteiger partial charge in [0.1, 0.15) is 5.82 Å². The summed E-state index contributed by atoms with van der Waals surface area (Å²) < 4.78 is 13.0. The second-order valence-corrected chi connectivity index (χ2v) is 6.50. The van der Waals surface area contributed by atoms with Gasteiger partial charge in [0, 0.05) is 51.3 Å². The molecule has 0 spiro atoms. The molecular weight excluding hydrogens is 319 g/mol. The first-order valence-electron chi connectivity index (χ1n) is 8.47. The first-order chi connectivity index (χ1) is 12.0. The topological polar surface area (TPSA) is 48.5 Å². The largest absolute Gasteiger partial charge is 0.382 e. The Morgan fingerprint density at radius 3 is 2.52 bits per heavy atom. The predicted octanol–water partition coefficient (Wildman–Crippen LogP) is 3.00. The van der Waals surface area contributed by atoms with Gasteiger partial charge < -0.3 is 15.1 Å². The van der Waals surface area contributed by atoms with Gasteiger partial charge in [-0.05, 0) is 43.2 Å². The van der Waals surface area contributed by atoms with Crippen LogP contribution < -0.4 is 10.2 Å². The molecule has 1 aliphatic heterocycles. The average molecular weight is 342 g/mol. The maximum absolute atomic E-state index is 13.0. The molecule has 6 heteroatoms. The van der Waals surface area contributed by atoms with Gasteiger partial charge in [-0.3, -0.25) is 9.78 Å². The van der Waals surface area contributed by atoms with Crippen LogP contribution in [0.4, 0.5) is 15.8 Å². The van der Waals surface area contributed by atoms with Crippen LogP contribution in [-0.2, 0) is 0 Å². The molecule has 0 aliphatic carbocycles. The Bertz CT molecular complexity index is 724. The van der Waals surface area contributed by atoms with Crippen LogP contribution >= 0.6 is 0 Å². The monoisotopic (exact) mass is 342 g/mol. The summed E-state index contributed by atoms with van der Waals surface area (Å²) in [5.41, 5.74) is 2.43. The molecule has 1 N–H and O–H groups in total. The van der Waals surface area contributed by atoms with Crippen LogP contribution in [0.2, 0.25) is 0 Å². The van der Waals surface area contributed by atoms with Crippen molar-refractivity contribution in [2.24, 2.45) is 0 Å². The third kappa shape index (κ3) is 4.07. The summed E-state index contributed by atoms with van der Waals surface area (Å²) in [5, 5.41) is 3.41. The fraction of sp³-hybridized carbons (Fsp3) is 0.368. The van der Waals surface area contributed by atoms with Crippen molar-refractivity contribution in [3.63, 3.8) is 0 Å². The van der Waals surface area contributed by atoms with Crippen LogP contribution in [-0.4, -0.2) is 49.0 Å². The summed E-state index contributed by atoms with van der Waals surface area (Å²) >= 11 is 0. The van der Waals surface area contributed by atoms with Gasteiger partial charge in [-0.25, -0.2) is 4.39 Å². The van der Waals surface area contributed by atoms with Crippen molar-refractivity contribution in [3.05, 3.63) is 54.1 Å². The molecule has 1 amide bonds. The Labute approximate surface area is 147 Å². The number of carbonyl (C=O) groups is 1. The Hall–Kier alpha value is -2.63. The van der Waals surface area contributed by atoms with Crippen LogP contribution in [0, 0.1) is 5.82 Å². The van der Waals surface area contributed by atoms with Crippen molar-refractivity contribution < 1.29 is 9.18 Å². The highest BCUT2D eigenvalue weighted by atomic mass is 19.1. The van der Waals surface area contributed by atoms with Crippen LogP contribution in [0.3, 0.4) is 0 Å². The first kappa shape index (κ1) is 17.2. The molecule has 0 radical (unpaired) electrons. The summed E-state index contributed by atoms with van der Waals surface area (Å²) in [7, 11) is 3.84. The minimum absolute atomic E-state index is 0.0250. The number of hydrogen-bond donors (Lipinski definition) is 1. The predicted molar refractivity (Wildman–Crippen MR) is 97.5 cm³/mol. The van der Waals surface area contributed by atoms with E-state index in [1.165, 1.54) is 12.1 Å². The van der Waals surface area contributed by atoms with Crippen molar-refractivity contribution in [1.82, 2.24) is 9.88 Å². The van der Waals surface area contributed by atoms with Gasteiger partial charge in [-0.2, -0.15) is 0 Å². The van der Waals surface area contributed by atoms with Gasteiger partial charge in [-0.1, -0.05) is 0 Å². The molecule has 1 aromatic carbocycles. The van der Waals surface area contributed by atoms with Gasteiger partial charge in [0.15, 0.2) is 0 Å². The van der Waals surface area contributed by atoms with Gasteiger partial charge in [0.05, 0.1) is 11.3 Å². The van der Waals surface area contributed by atoms with E-state index >= 15 is 0 Å². The highest BCUT2D eigenvalue weighted by Crippen LogP contribution is 2.22. The van der Waals surface area contributed by atoms with E-state index in [4.69, 9.17) is 0 Å². The number of amides is 1. The van der Waals surface area contributed by atoms with Gasteiger partial charge in [0.2, 0.25) is 0 Å². The number of aromatic nitrogens is 1. The van der Waals surface area contributed by atoms with E-state index < -0.39 is 0 Å². The van der Waals surface area contributed by atoms with Crippen molar-refractivity contribution in [3.8, 4) is 0 Å². The van der Waals surface area contributed by atoms with Crippen LogP contribution in [0.25, 0.3) is 0 Å². The normalized spacial score (nSPS) is 15.1. The lowest BCUT2D eigenvalue weighted by atomic mass is 10.0. The van der Waals surface area contributed by atoms with E-state index in [1.807, 2.05) is 30.0 Å². The molecule has 25 heavy (non-hydrogen) atoms. The SMILES string of the molecule is CN(C)c1ccncc1C(=O)N1CCC(Nc2ccc(F)cc2)CC1. The molecule has 1 aliphatic rings. The van der Waals surface area contributed by atoms with Crippen LogP contribution in [0.1, 0.15) is 23.2 Å². The zero-order valence-electron chi connectivity index (χ0n) is 14.6. The van der Waals surface area contributed by atoms with Gasteiger partial charge >= 0.3 is 0 Å². The molecule has 132 valence electrons. The molecule has 1 saturated heterocycles. The molecule has 3 rings (SSSR count). The quantitative estimate of drug-likeness (QED) is 0.928. The van der Waals surface area contributed by atoms with Crippen molar-refractivity contribution in [2.45, 2.75) is 18.9 Å². The number of pyridine rings is 1. The van der Waals surface area contributed by atoms with Crippen molar-refractivity contribution in [1.29, 1.82) is 0 Å². The molecular formula is C19H23FN4O. The summed E-state index contributed by atoms with van der Waals surface area (Å²) in [6, 6.07) is 8.53. The minimum Gasteiger partial charge on any atom is -0.382 e. The summed E-state index contributed by atoms with van der Waals surface area (Å²) in [4.78, 5) is 20.7.